The highest BCUT2D eigenvalue weighted by Crippen LogP contribution is 2.44. The standard InChI is InChI=1S/C27H50O3/c1-9-23(19(3)21-13-11-15-26(5,6)17-21)29-25(28)30-24(10-2)20(4)22-14-12-16-27(7,8)18-22/h19-24H,9-18H2,1-8H3. The van der Waals surface area contributed by atoms with E-state index in [-0.39, 0.29) is 12.2 Å². The summed E-state index contributed by atoms with van der Waals surface area (Å²) in [5, 5.41) is 0. The summed E-state index contributed by atoms with van der Waals surface area (Å²) in [7, 11) is 0. The van der Waals surface area contributed by atoms with E-state index < -0.39 is 6.16 Å². The highest BCUT2D eigenvalue weighted by molar-refractivity contribution is 5.60. The molecule has 0 radical (unpaired) electrons. The molecule has 0 aromatic rings. The summed E-state index contributed by atoms with van der Waals surface area (Å²) in [5.74, 6) is 2.05. The summed E-state index contributed by atoms with van der Waals surface area (Å²) in [6, 6.07) is 0. The molecule has 2 fully saturated rings. The molecule has 2 saturated carbocycles. The molecule has 176 valence electrons. The van der Waals surface area contributed by atoms with Gasteiger partial charge in [0.15, 0.2) is 0 Å². The van der Waals surface area contributed by atoms with E-state index in [0.29, 0.717) is 34.5 Å². The fourth-order valence-electron chi connectivity index (χ4n) is 6.42. The maximum Gasteiger partial charge on any atom is 0.508 e. The van der Waals surface area contributed by atoms with Crippen molar-refractivity contribution >= 4 is 6.16 Å². The third-order valence-corrected chi connectivity index (χ3v) is 8.45. The van der Waals surface area contributed by atoms with Gasteiger partial charge in [0.2, 0.25) is 0 Å². The van der Waals surface area contributed by atoms with E-state index in [2.05, 4.69) is 55.4 Å². The Balaban J connectivity index is 1.92. The van der Waals surface area contributed by atoms with Crippen molar-refractivity contribution in [2.24, 2.45) is 34.5 Å². The third kappa shape index (κ3) is 7.16. The van der Waals surface area contributed by atoms with Gasteiger partial charge in [-0.05, 0) is 73.0 Å². The summed E-state index contributed by atoms with van der Waals surface area (Å²) in [6.07, 6.45) is 11.3. The normalized spacial score (nSPS) is 30.0. The number of rotatable bonds is 8. The van der Waals surface area contributed by atoms with Gasteiger partial charge in [-0.25, -0.2) is 4.79 Å². The Labute approximate surface area is 187 Å². The van der Waals surface area contributed by atoms with E-state index in [1.54, 1.807) is 0 Å². The number of carbonyl (C=O) groups is 1. The predicted molar refractivity (Wildman–Crippen MR) is 126 cm³/mol. The molecule has 0 heterocycles. The zero-order valence-electron chi connectivity index (χ0n) is 21.3. The van der Waals surface area contributed by atoms with Crippen molar-refractivity contribution in [2.45, 2.75) is 132 Å². The molecule has 0 spiro atoms. The van der Waals surface area contributed by atoms with Crippen molar-refractivity contribution in [1.29, 1.82) is 0 Å². The van der Waals surface area contributed by atoms with Crippen LogP contribution in [0.2, 0.25) is 0 Å². The lowest BCUT2D eigenvalue weighted by atomic mass is 9.67. The summed E-state index contributed by atoms with van der Waals surface area (Å²) in [6.45, 7) is 18.3. The minimum absolute atomic E-state index is 0.0437. The average molecular weight is 423 g/mol. The average Bonchev–Trinajstić information content (AvgIpc) is 2.67. The molecule has 0 N–H and O–H groups in total. The van der Waals surface area contributed by atoms with Crippen LogP contribution < -0.4 is 0 Å². The summed E-state index contributed by atoms with van der Waals surface area (Å²) in [5.41, 5.74) is 0.818. The van der Waals surface area contributed by atoms with Crippen LogP contribution in [0, 0.1) is 34.5 Å². The van der Waals surface area contributed by atoms with Crippen molar-refractivity contribution < 1.29 is 14.3 Å². The highest BCUT2D eigenvalue weighted by atomic mass is 16.7. The van der Waals surface area contributed by atoms with Crippen molar-refractivity contribution in [3.8, 4) is 0 Å². The van der Waals surface area contributed by atoms with Gasteiger partial charge in [-0.2, -0.15) is 0 Å². The second-order valence-electron chi connectivity index (χ2n) is 12.1. The van der Waals surface area contributed by atoms with Crippen molar-refractivity contribution in [3.05, 3.63) is 0 Å². The van der Waals surface area contributed by atoms with E-state index in [4.69, 9.17) is 9.47 Å². The highest BCUT2D eigenvalue weighted by Gasteiger charge is 2.37. The van der Waals surface area contributed by atoms with E-state index >= 15 is 0 Å². The number of carbonyl (C=O) groups excluding carboxylic acids is 1. The lowest BCUT2D eigenvalue weighted by Gasteiger charge is -2.41. The molecule has 6 unspecified atom stereocenters. The lowest BCUT2D eigenvalue weighted by molar-refractivity contribution is -0.0526. The minimum Gasteiger partial charge on any atom is -0.431 e. The molecule has 0 saturated heterocycles. The zero-order chi connectivity index (χ0) is 22.5. The molecular weight excluding hydrogens is 372 g/mol. The molecule has 0 aromatic carbocycles. The molecule has 6 atom stereocenters. The van der Waals surface area contributed by atoms with Gasteiger partial charge < -0.3 is 9.47 Å². The quantitative estimate of drug-likeness (QED) is 0.368. The zero-order valence-corrected chi connectivity index (χ0v) is 21.3. The Morgan fingerprint density at radius 3 is 1.47 bits per heavy atom. The maximum atomic E-state index is 12.8. The Morgan fingerprint density at radius 1 is 0.800 bits per heavy atom. The first kappa shape index (κ1) is 25.5. The Bertz CT molecular complexity index is 492. The van der Waals surface area contributed by atoms with Crippen LogP contribution in [0.4, 0.5) is 4.79 Å². The number of hydrogen-bond acceptors (Lipinski definition) is 3. The lowest BCUT2D eigenvalue weighted by Crippen LogP contribution is -2.37. The van der Waals surface area contributed by atoms with Crippen LogP contribution in [0.1, 0.15) is 120 Å². The van der Waals surface area contributed by atoms with Gasteiger partial charge in [0, 0.05) is 0 Å². The Kier molecular flexibility index (Phi) is 9.13. The fourth-order valence-corrected chi connectivity index (χ4v) is 6.42. The molecule has 0 bridgehead atoms. The molecule has 3 heteroatoms. The van der Waals surface area contributed by atoms with Gasteiger partial charge in [-0.15, -0.1) is 0 Å². The molecule has 0 amide bonds. The van der Waals surface area contributed by atoms with Gasteiger partial charge in [0.25, 0.3) is 0 Å². The van der Waals surface area contributed by atoms with Crippen LogP contribution in [0.15, 0.2) is 0 Å². The van der Waals surface area contributed by atoms with Crippen molar-refractivity contribution in [1.82, 2.24) is 0 Å². The first-order chi connectivity index (χ1) is 14.0. The third-order valence-electron chi connectivity index (χ3n) is 8.45. The van der Waals surface area contributed by atoms with Crippen LogP contribution in [-0.2, 0) is 9.47 Å². The largest absolute Gasteiger partial charge is 0.508 e. The first-order valence-electron chi connectivity index (χ1n) is 12.8. The van der Waals surface area contributed by atoms with Crippen LogP contribution in [0.5, 0.6) is 0 Å². The maximum absolute atomic E-state index is 12.8. The van der Waals surface area contributed by atoms with E-state index in [9.17, 15) is 4.79 Å². The molecule has 0 aliphatic heterocycles. The van der Waals surface area contributed by atoms with Gasteiger partial charge in [0.1, 0.15) is 12.2 Å². The summed E-state index contributed by atoms with van der Waals surface area (Å²) in [4.78, 5) is 12.8. The van der Waals surface area contributed by atoms with Crippen LogP contribution >= 0.6 is 0 Å². The predicted octanol–water partition coefficient (Wildman–Crippen LogP) is 8.40. The Hall–Kier alpha value is -0.730. The Morgan fingerprint density at radius 2 is 1.17 bits per heavy atom. The first-order valence-corrected chi connectivity index (χ1v) is 12.8. The van der Waals surface area contributed by atoms with Crippen LogP contribution in [0.3, 0.4) is 0 Å². The number of ether oxygens (including phenoxy) is 2. The van der Waals surface area contributed by atoms with Crippen molar-refractivity contribution in [3.63, 3.8) is 0 Å². The van der Waals surface area contributed by atoms with E-state index in [0.717, 1.165) is 12.8 Å². The van der Waals surface area contributed by atoms with Crippen LogP contribution in [-0.4, -0.2) is 18.4 Å². The van der Waals surface area contributed by atoms with Crippen molar-refractivity contribution in [2.75, 3.05) is 0 Å². The molecule has 0 aromatic heterocycles. The molecule has 3 nitrogen and oxygen atoms in total. The van der Waals surface area contributed by atoms with Gasteiger partial charge in [-0.3, -0.25) is 0 Å². The summed E-state index contributed by atoms with van der Waals surface area (Å²) >= 11 is 0. The number of hydrogen-bond donors (Lipinski definition) is 0. The SMILES string of the molecule is CCC(OC(=O)OC(CC)C(C)C1CCCC(C)(C)C1)C(C)C1CCCC(C)(C)C1. The van der Waals surface area contributed by atoms with Gasteiger partial charge >= 0.3 is 6.16 Å². The second kappa shape index (κ2) is 10.7. The topological polar surface area (TPSA) is 35.5 Å². The van der Waals surface area contributed by atoms with Crippen LogP contribution in [0.25, 0.3) is 0 Å². The molecule has 30 heavy (non-hydrogen) atoms. The smallest absolute Gasteiger partial charge is 0.431 e. The molecule has 2 rings (SSSR count). The fraction of sp³-hybridized carbons (Fsp3) is 0.963. The minimum atomic E-state index is -0.447. The monoisotopic (exact) mass is 422 g/mol. The molecule has 2 aliphatic rings. The molecule has 2 aliphatic carbocycles. The summed E-state index contributed by atoms with van der Waals surface area (Å²) < 4.78 is 11.9. The van der Waals surface area contributed by atoms with Gasteiger partial charge in [0.05, 0.1) is 0 Å². The van der Waals surface area contributed by atoms with E-state index in [1.165, 1.54) is 51.4 Å². The second-order valence-corrected chi connectivity index (χ2v) is 12.1. The van der Waals surface area contributed by atoms with E-state index in [1.807, 2.05) is 0 Å². The van der Waals surface area contributed by atoms with Gasteiger partial charge in [-0.1, -0.05) is 81.1 Å². The molecular formula is C27H50O3.